The van der Waals surface area contributed by atoms with Crippen LogP contribution in [0.3, 0.4) is 0 Å². The van der Waals surface area contributed by atoms with E-state index in [0.717, 1.165) is 9.54 Å². The van der Waals surface area contributed by atoms with E-state index in [4.69, 9.17) is 0 Å². The normalized spacial score (nSPS) is 11.6. The number of halogens is 2. The van der Waals surface area contributed by atoms with Gasteiger partial charge in [0.15, 0.2) is 5.82 Å². The molecule has 23 heavy (non-hydrogen) atoms. The van der Waals surface area contributed by atoms with Crippen LogP contribution >= 0.6 is 22.6 Å². The standard InChI is InChI=1S/C16H10FIN2O2S/c1-10-5-7-12(8-6-10)23(21,22)20-15-11(9-19)3-2-4-13(15)14(17)16(20)18/h2-8H,1H3. The van der Waals surface area contributed by atoms with E-state index in [0.29, 0.717) is 0 Å². The molecule has 0 spiro atoms. The third-order valence-electron chi connectivity index (χ3n) is 3.51. The maximum Gasteiger partial charge on any atom is 0.269 e. The zero-order valence-electron chi connectivity index (χ0n) is 11.9. The quantitative estimate of drug-likeness (QED) is 0.570. The molecule has 7 heteroatoms. The highest BCUT2D eigenvalue weighted by Gasteiger charge is 2.27. The van der Waals surface area contributed by atoms with E-state index in [-0.39, 0.29) is 25.1 Å². The van der Waals surface area contributed by atoms with Crippen molar-refractivity contribution in [3.05, 3.63) is 63.1 Å². The molecule has 0 aliphatic rings. The van der Waals surface area contributed by atoms with Gasteiger partial charge in [-0.15, -0.1) is 0 Å². The van der Waals surface area contributed by atoms with Crippen molar-refractivity contribution in [2.24, 2.45) is 0 Å². The second kappa shape index (κ2) is 5.62. The zero-order chi connectivity index (χ0) is 16.8. The van der Waals surface area contributed by atoms with Crippen LogP contribution < -0.4 is 0 Å². The van der Waals surface area contributed by atoms with Crippen LogP contribution in [0.1, 0.15) is 11.1 Å². The number of hydrogen-bond acceptors (Lipinski definition) is 3. The van der Waals surface area contributed by atoms with E-state index in [1.54, 1.807) is 34.7 Å². The number of hydrogen-bond donors (Lipinski definition) is 0. The summed E-state index contributed by atoms with van der Waals surface area (Å²) in [5, 5.41) is 9.36. The summed E-state index contributed by atoms with van der Waals surface area (Å²) in [6.45, 7) is 1.85. The van der Waals surface area contributed by atoms with Gasteiger partial charge in [-0.3, -0.25) is 0 Å². The van der Waals surface area contributed by atoms with Crippen LogP contribution in [-0.4, -0.2) is 12.4 Å². The maximum atomic E-state index is 14.4. The number of nitrogens with zero attached hydrogens (tertiary/aromatic N) is 2. The topological polar surface area (TPSA) is 62.9 Å². The van der Waals surface area contributed by atoms with Crippen molar-refractivity contribution in [3.63, 3.8) is 0 Å². The minimum Gasteiger partial charge on any atom is -0.224 e. The highest BCUT2D eigenvalue weighted by molar-refractivity contribution is 14.1. The Balaban J connectivity index is 2.43. The van der Waals surface area contributed by atoms with Crippen LogP contribution in [0.4, 0.5) is 4.39 Å². The third-order valence-corrected chi connectivity index (χ3v) is 6.51. The molecule has 4 nitrogen and oxygen atoms in total. The zero-order valence-corrected chi connectivity index (χ0v) is 14.9. The van der Waals surface area contributed by atoms with Gasteiger partial charge in [0.05, 0.1) is 16.0 Å². The largest absolute Gasteiger partial charge is 0.269 e. The number of nitriles is 1. The molecule has 1 aromatic heterocycles. The second-order valence-electron chi connectivity index (χ2n) is 5.00. The summed E-state index contributed by atoms with van der Waals surface area (Å²) in [6.07, 6.45) is 0. The summed E-state index contributed by atoms with van der Waals surface area (Å²) in [5.41, 5.74) is 1.09. The molecule has 0 amide bonds. The predicted octanol–water partition coefficient (Wildman–Crippen LogP) is 3.80. The van der Waals surface area contributed by atoms with E-state index in [2.05, 4.69) is 0 Å². The molecule has 3 rings (SSSR count). The molecule has 116 valence electrons. The van der Waals surface area contributed by atoms with Gasteiger partial charge in [-0.1, -0.05) is 23.8 Å². The summed E-state index contributed by atoms with van der Waals surface area (Å²) in [5.74, 6) is -0.645. The molecule has 0 N–H and O–H groups in total. The van der Waals surface area contributed by atoms with E-state index in [1.807, 2.05) is 13.0 Å². The summed E-state index contributed by atoms with van der Waals surface area (Å²) < 4.78 is 41.2. The van der Waals surface area contributed by atoms with Crippen molar-refractivity contribution in [2.45, 2.75) is 11.8 Å². The first-order valence-electron chi connectivity index (χ1n) is 6.58. The minimum atomic E-state index is -4.01. The third kappa shape index (κ3) is 2.42. The molecule has 3 aromatic rings. The summed E-state index contributed by atoms with van der Waals surface area (Å²) in [4.78, 5) is 0.0469. The lowest BCUT2D eigenvalue weighted by molar-refractivity contribution is 0.583. The van der Waals surface area contributed by atoms with Gasteiger partial charge in [-0.25, -0.2) is 16.8 Å². The molecule has 0 bridgehead atoms. The lowest BCUT2D eigenvalue weighted by atomic mass is 10.1. The first-order chi connectivity index (χ1) is 10.9. The van der Waals surface area contributed by atoms with Gasteiger partial charge in [-0.05, 0) is 53.8 Å². The van der Waals surface area contributed by atoms with Gasteiger partial charge in [0, 0.05) is 5.39 Å². The molecule has 2 aromatic carbocycles. The fourth-order valence-corrected chi connectivity index (χ4v) is 5.10. The van der Waals surface area contributed by atoms with Gasteiger partial charge in [-0.2, -0.15) is 5.26 Å². The number of aryl methyl sites for hydroxylation is 1. The molecule has 0 radical (unpaired) electrons. The summed E-state index contributed by atoms with van der Waals surface area (Å²) in [6, 6.07) is 12.7. The van der Waals surface area contributed by atoms with Gasteiger partial charge in [0.2, 0.25) is 0 Å². The van der Waals surface area contributed by atoms with Gasteiger partial charge in [0.1, 0.15) is 9.77 Å². The minimum absolute atomic E-state index is 0.0469. The summed E-state index contributed by atoms with van der Waals surface area (Å²) in [7, 11) is -4.01. The Bertz CT molecular complexity index is 1060. The summed E-state index contributed by atoms with van der Waals surface area (Å²) >= 11 is 1.65. The van der Waals surface area contributed by atoms with Crippen molar-refractivity contribution in [2.75, 3.05) is 0 Å². The molecule has 0 saturated carbocycles. The number of fused-ring (bicyclic) bond motifs is 1. The predicted molar refractivity (Wildman–Crippen MR) is 93.1 cm³/mol. The Morgan fingerprint density at radius 3 is 2.43 bits per heavy atom. The molecular formula is C16H10FIN2O2S. The molecule has 0 aliphatic carbocycles. The molecule has 0 aliphatic heterocycles. The molecule has 0 unspecified atom stereocenters. The lowest BCUT2D eigenvalue weighted by Crippen LogP contribution is -2.15. The van der Waals surface area contributed by atoms with Crippen molar-refractivity contribution in [3.8, 4) is 6.07 Å². The average molecular weight is 440 g/mol. The number of rotatable bonds is 2. The fraction of sp³-hybridized carbons (Fsp3) is 0.0625. The number of benzene rings is 2. The van der Waals surface area contributed by atoms with Crippen molar-refractivity contribution in [1.29, 1.82) is 5.26 Å². The van der Waals surface area contributed by atoms with Gasteiger partial charge >= 0.3 is 0 Å². The maximum absolute atomic E-state index is 14.4. The Labute approximate surface area is 146 Å². The van der Waals surface area contributed by atoms with E-state index >= 15 is 0 Å². The monoisotopic (exact) mass is 440 g/mol. The second-order valence-corrected chi connectivity index (χ2v) is 7.81. The van der Waals surface area contributed by atoms with Crippen LogP contribution in [0.25, 0.3) is 10.9 Å². The molecule has 0 saturated heterocycles. The molecule has 0 atom stereocenters. The molecular weight excluding hydrogens is 430 g/mol. The van der Waals surface area contributed by atoms with Crippen molar-refractivity contribution >= 4 is 43.5 Å². The van der Waals surface area contributed by atoms with Gasteiger partial charge < -0.3 is 0 Å². The van der Waals surface area contributed by atoms with E-state index in [9.17, 15) is 18.1 Å². The van der Waals surface area contributed by atoms with Crippen LogP contribution in [0, 0.1) is 27.8 Å². The SMILES string of the molecule is Cc1ccc(S(=O)(=O)n2c(I)c(F)c3cccc(C#N)c32)cc1. The lowest BCUT2D eigenvalue weighted by Gasteiger charge is -2.10. The number of para-hydroxylation sites is 1. The fourth-order valence-electron chi connectivity index (χ4n) is 2.37. The van der Waals surface area contributed by atoms with Crippen LogP contribution in [-0.2, 0) is 10.0 Å². The van der Waals surface area contributed by atoms with Crippen LogP contribution in [0.15, 0.2) is 47.4 Å². The van der Waals surface area contributed by atoms with Crippen molar-refractivity contribution < 1.29 is 12.8 Å². The van der Waals surface area contributed by atoms with E-state index in [1.165, 1.54) is 30.3 Å². The van der Waals surface area contributed by atoms with Gasteiger partial charge in [0.25, 0.3) is 10.0 Å². The first kappa shape index (κ1) is 16.0. The van der Waals surface area contributed by atoms with Crippen LogP contribution in [0.5, 0.6) is 0 Å². The molecule has 0 fully saturated rings. The highest BCUT2D eigenvalue weighted by Crippen LogP contribution is 2.32. The number of aromatic nitrogens is 1. The Morgan fingerprint density at radius 2 is 1.83 bits per heavy atom. The van der Waals surface area contributed by atoms with Crippen molar-refractivity contribution in [1.82, 2.24) is 3.97 Å². The first-order valence-corrected chi connectivity index (χ1v) is 9.10. The smallest absolute Gasteiger partial charge is 0.224 e. The molecule has 1 heterocycles. The Kier molecular flexibility index (Phi) is 3.90. The Hall–Kier alpha value is -1.92. The Morgan fingerprint density at radius 1 is 1.17 bits per heavy atom. The van der Waals surface area contributed by atoms with E-state index < -0.39 is 15.8 Å². The van der Waals surface area contributed by atoms with Crippen LogP contribution in [0.2, 0.25) is 0 Å². The highest BCUT2D eigenvalue weighted by atomic mass is 127. The average Bonchev–Trinajstić information content (AvgIpc) is 2.80.